The third kappa shape index (κ3) is 3.16. The van der Waals surface area contributed by atoms with Crippen LogP contribution >= 0.6 is 0 Å². The van der Waals surface area contributed by atoms with Gasteiger partial charge in [0.25, 0.3) is 0 Å². The van der Waals surface area contributed by atoms with Crippen molar-refractivity contribution in [2.24, 2.45) is 5.92 Å². The van der Waals surface area contributed by atoms with E-state index in [1.54, 1.807) is 13.4 Å². The van der Waals surface area contributed by atoms with Gasteiger partial charge in [0.1, 0.15) is 23.5 Å². The van der Waals surface area contributed by atoms with Crippen molar-refractivity contribution in [3.8, 4) is 5.75 Å². The minimum Gasteiger partial charge on any atom is -0.496 e. The first-order valence-electron chi connectivity index (χ1n) is 9.31. The quantitative estimate of drug-likeness (QED) is 0.715. The Labute approximate surface area is 158 Å². The van der Waals surface area contributed by atoms with E-state index in [0.717, 1.165) is 58.7 Å². The third-order valence-corrected chi connectivity index (χ3v) is 5.37. The molecule has 6 heteroatoms. The highest BCUT2D eigenvalue weighted by Crippen LogP contribution is 2.30. The van der Waals surface area contributed by atoms with Crippen LogP contribution < -0.4 is 9.64 Å². The summed E-state index contributed by atoms with van der Waals surface area (Å²) in [5.74, 6) is 1.93. The average Bonchev–Trinajstić information content (AvgIpc) is 3.16. The SMILES string of the molecule is COc1c(C)cc(C(=O)[C@H]2CCCN(c3ncnc4[nH]ccc34)C2)cc1C. The molecule has 1 fully saturated rings. The number of carbonyl (C=O) groups excluding carboxylic acids is 1. The van der Waals surface area contributed by atoms with Gasteiger partial charge >= 0.3 is 0 Å². The first kappa shape index (κ1) is 17.5. The van der Waals surface area contributed by atoms with E-state index in [9.17, 15) is 4.79 Å². The van der Waals surface area contributed by atoms with Crippen LogP contribution in [0.25, 0.3) is 11.0 Å². The van der Waals surface area contributed by atoms with E-state index < -0.39 is 0 Å². The number of methoxy groups -OCH3 is 1. The fraction of sp³-hybridized carbons (Fsp3) is 0.381. The van der Waals surface area contributed by atoms with Crippen LogP contribution in [0.4, 0.5) is 5.82 Å². The topological polar surface area (TPSA) is 71.1 Å². The summed E-state index contributed by atoms with van der Waals surface area (Å²) >= 11 is 0. The zero-order chi connectivity index (χ0) is 19.0. The number of Topliss-reactive ketones (excluding diaryl/α,β-unsaturated/α-hetero) is 1. The summed E-state index contributed by atoms with van der Waals surface area (Å²) < 4.78 is 5.43. The van der Waals surface area contributed by atoms with Gasteiger partial charge in [-0.1, -0.05) is 0 Å². The van der Waals surface area contributed by atoms with Crippen molar-refractivity contribution in [2.75, 3.05) is 25.1 Å². The molecule has 6 nitrogen and oxygen atoms in total. The number of rotatable bonds is 4. The van der Waals surface area contributed by atoms with Crippen molar-refractivity contribution < 1.29 is 9.53 Å². The van der Waals surface area contributed by atoms with E-state index in [0.29, 0.717) is 6.54 Å². The fourth-order valence-electron chi connectivity index (χ4n) is 4.14. The Morgan fingerprint density at radius 1 is 1.26 bits per heavy atom. The molecular formula is C21H24N4O2. The number of hydrogen-bond acceptors (Lipinski definition) is 5. The molecule has 1 atom stereocenters. The average molecular weight is 364 g/mol. The second-order valence-electron chi connectivity index (χ2n) is 7.23. The normalized spacial score (nSPS) is 17.3. The van der Waals surface area contributed by atoms with E-state index >= 15 is 0 Å². The lowest BCUT2D eigenvalue weighted by Gasteiger charge is -2.33. The summed E-state index contributed by atoms with van der Waals surface area (Å²) in [6.07, 6.45) is 5.33. The maximum atomic E-state index is 13.2. The highest BCUT2D eigenvalue weighted by molar-refractivity contribution is 5.99. The molecule has 0 spiro atoms. The molecule has 27 heavy (non-hydrogen) atoms. The Hall–Kier alpha value is -2.89. The number of ether oxygens (including phenoxy) is 1. The summed E-state index contributed by atoms with van der Waals surface area (Å²) in [6.45, 7) is 5.56. The van der Waals surface area contributed by atoms with Crippen LogP contribution in [-0.4, -0.2) is 40.9 Å². The number of benzene rings is 1. The molecule has 1 aliphatic rings. The predicted molar refractivity (Wildman–Crippen MR) is 106 cm³/mol. The zero-order valence-corrected chi connectivity index (χ0v) is 16.0. The molecule has 2 aromatic heterocycles. The van der Waals surface area contributed by atoms with Gasteiger partial charge in [-0.25, -0.2) is 9.97 Å². The monoisotopic (exact) mass is 364 g/mol. The zero-order valence-electron chi connectivity index (χ0n) is 16.0. The predicted octanol–water partition coefficient (Wildman–Crippen LogP) is 3.68. The van der Waals surface area contributed by atoms with Crippen LogP contribution in [0.5, 0.6) is 5.75 Å². The van der Waals surface area contributed by atoms with Crippen molar-refractivity contribution >= 4 is 22.6 Å². The van der Waals surface area contributed by atoms with Crippen LogP contribution in [0.3, 0.4) is 0 Å². The standard InChI is InChI=1S/C21H24N4O2/c1-13-9-16(10-14(2)19(13)27-3)18(26)15-5-4-8-25(11-15)21-17-6-7-22-20(17)23-12-24-21/h6-7,9-10,12,15H,4-5,8,11H2,1-3H3,(H,22,23,24)/t15-/m0/s1. The number of aryl methyl sites for hydroxylation is 2. The number of nitrogens with zero attached hydrogens (tertiary/aromatic N) is 3. The Kier molecular flexibility index (Phi) is 4.56. The highest BCUT2D eigenvalue weighted by Gasteiger charge is 2.28. The van der Waals surface area contributed by atoms with Crippen LogP contribution in [0.2, 0.25) is 0 Å². The van der Waals surface area contributed by atoms with Gasteiger partial charge in [-0.15, -0.1) is 0 Å². The molecule has 1 aliphatic heterocycles. The number of aromatic nitrogens is 3. The van der Waals surface area contributed by atoms with Gasteiger partial charge in [-0.05, 0) is 56.0 Å². The molecule has 0 aliphatic carbocycles. The highest BCUT2D eigenvalue weighted by atomic mass is 16.5. The largest absolute Gasteiger partial charge is 0.496 e. The van der Waals surface area contributed by atoms with Gasteiger partial charge in [-0.2, -0.15) is 0 Å². The molecule has 0 unspecified atom stereocenters. The molecule has 0 radical (unpaired) electrons. The second-order valence-corrected chi connectivity index (χ2v) is 7.23. The fourth-order valence-corrected chi connectivity index (χ4v) is 4.14. The Balaban J connectivity index is 1.60. The molecule has 3 aromatic rings. The molecule has 0 amide bonds. The van der Waals surface area contributed by atoms with E-state index in [-0.39, 0.29) is 11.7 Å². The molecule has 3 heterocycles. The number of H-pyrrole nitrogens is 1. The molecule has 4 rings (SSSR count). The van der Waals surface area contributed by atoms with E-state index in [2.05, 4.69) is 19.9 Å². The molecule has 1 aromatic carbocycles. The number of aromatic amines is 1. The second kappa shape index (κ2) is 7.02. The Morgan fingerprint density at radius 3 is 2.78 bits per heavy atom. The number of anilines is 1. The van der Waals surface area contributed by atoms with Crippen molar-refractivity contribution in [1.82, 2.24) is 15.0 Å². The number of fused-ring (bicyclic) bond motifs is 1. The maximum Gasteiger partial charge on any atom is 0.167 e. The van der Waals surface area contributed by atoms with Gasteiger partial charge < -0.3 is 14.6 Å². The smallest absolute Gasteiger partial charge is 0.167 e. The third-order valence-electron chi connectivity index (χ3n) is 5.37. The lowest BCUT2D eigenvalue weighted by atomic mass is 9.88. The van der Waals surface area contributed by atoms with E-state index in [1.807, 2.05) is 38.2 Å². The first-order chi connectivity index (χ1) is 13.1. The van der Waals surface area contributed by atoms with E-state index in [4.69, 9.17) is 4.74 Å². The summed E-state index contributed by atoms with van der Waals surface area (Å²) in [6, 6.07) is 5.89. The Bertz CT molecular complexity index is 972. The van der Waals surface area contributed by atoms with Crippen molar-refractivity contribution in [1.29, 1.82) is 0 Å². The minimum absolute atomic E-state index is 0.0325. The summed E-state index contributed by atoms with van der Waals surface area (Å²) in [4.78, 5) is 27.3. The van der Waals surface area contributed by atoms with Gasteiger partial charge in [-0.3, -0.25) is 4.79 Å². The van der Waals surface area contributed by atoms with Gasteiger partial charge in [0.15, 0.2) is 5.78 Å². The molecule has 1 saturated heterocycles. The minimum atomic E-state index is -0.0325. The van der Waals surface area contributed by atoms with Crippen LogP contribution in [-0.2, 0) is 0 Å². The molecule has 0 saturated carbocycles. The number of carbonyl (C=O) groups is 1. The van der Waals surface area contributed by atoms with Gasteiger partial charge in [0.2, 0.25) is 0 Å². The number of nitrogens with one attached hydrogen (secondary N) is 1. The number of piperidine rings is 1. The van der Waals surface area contributed by atoms with Crippen LogP contribution in [0.15, 0.2) is 30.7 Å². The lowest BCUT2D eigenvalue weighted by molar-refractivity contribution is 0.0907. The van der Waals surface area contributed by atoms with Crippen molar-refractivity contribution in [3.63, 3.8) is 0 Å². The summed E-state index contributed by atoms with van der Waals surface area (Å²) in [5, 5.41) is 1.00. The van der Waals surface area contributed by atoms with E-state index in [1.165, 1.54) is 0 Å². The van der Waals surface area contributed by atoms with Crippen LogP contribution in [0, 0.1) is 19.8 Å². The summed E-state index contributed by atoms with van der Waals surface area (Å²) in [5.41, 5.74) is 3.60. The summed E-state index contributed by atoms with van der Waals surface area (Å²) in [7, 11) is 1.67. The Morgan fingerprint density at radius 2 is 2.04 bits per heavy atom. The lowest BCUT2D eigenvalue weighted by Crippen LogP contribution is -2.39. The first-order valence-corrected chi connectivity index (χ1v) is 9.31. The van der Waals surface area contributed by atoms with Crippen molar-refractivity contribution in [2.45, 2.75) is 26.7 Å². The van der Waals surface area contributed by atoms with Gasteiger partial charge in [0.05, 0.1) is 12.5 Å². The number of hydrogen-bond donors (Lipinski definition) is 1. The molecule has 0 bridgehead atoms. The van der Waals surface area contributed by atoms with Crippen molar-refractivity contribution in [3.05, 3.63) is 47.4 Å². The molecule has 140 valence electrons. The van der Waals surface area contributed by atoms with Gasteiger partial charge in [0, 0.05) is 30.8 Å². The molecule has 1 N–H and O–H groups in total. The number of ketones is 1. The molecular weight excluding hydrogens is 340 g/mol. The maximum absolute atomic E-state index is 13.2. The van der Waals surface area contributed by atoms with Crippen LogP contribution in [0.1, 0.15) is 34.3 Å².